The monoisotopic (exact) mass is 560 g/mol. The van der Waals surface area contributed by atoms with E-state index in [0.29, 0.717) is 24.3 Å². The fourth-order valence-electron chi connectivity index (χ4n) is 3.92. The second-order valence-corrected chi connectivity index (χ2v) is 9.90. The van der Waals surface area contributed by atoms with Crippen LogP contribution in [0.15, 0.2) is 41.3 Å². The van der Waals surface area contributed by atoms with Gasteiger partial charge in [0, 0.05) is 39.8 Å². The zero-order chi connectivity index (χ0) is 28.5. The Morgan fingerprint density at radius 3 is 2.49 bits per heavy atom. The van der Waals surface area contributed by atoms with Crippen molar-refractivity contribution in [3.05, 3.63) is 75.4 Å². The van der Waals surface area contributed by atoms with E-state index in [1.807, 2.05) is 6.92 Å². The first-order chi connectivity index (χ1) is 18.7. The van der Waals surface area contributed by atoms with Gasteiger partial charge < -0.3 is 9.84 Å². The molecule has 6 nitrogen and oxygen atoms in total. The average molecular weight is 561 g/mol. The molecule has 0 radical (unpaired) electrons. The molecule has 1 unspecified atom stereocenters. The van der Waals surface area contributed by atoms with Crippen molar-refractivity contribution in [2.24, 2.45) is 0 Å². The van der Waals surface area contributed by atoms with Crippen LogP contribution in [-0.4, -0.2) is 28.6 Å². The molecule has 10 heteroatoms. The molecule has 0 bridgehead atoms. The van der Waals surface area contributed by atoms with Gasteiger partial charge in [0.2, 0.25) is 0 Å². The van der Waals surface area contributed by atoms with Crippen molar-refractivity contribution < 1.29 is 32.6 Å². The lowest BCUT2D eigenvalue weighted by atomic mass is 10.0. The number of carbonyl (C=O) groups excluding carboxylic acids is 1. The van der Waals surface area contributed by atoms with Gasteiger partial charge in [-0.2, -0.15) is 0 Å². The number of nitrogens with zero attached hydrogens (tertiary/aromatic N) is 1. The van der Waals surface area contributed by atoms with Gasteiger partial charge in [0.25, 0.3) is 5.91 Å². The fraction of sp³-hybridized carbons (Fsp3) is 0.345. The minimum absolute atomic E-state index is 0.118. The Balaban J connectivity index is 1.79. The zero-order valence-electron chi connectivity index (χ0n) is 22.0. The summed E-state index contributed by atoms with van der Waals surface area (Å²) in [4.78, 5) is 27.9. The lowest BCUT2D eigenvalue weighted by Gasteiger charge is -2.19. The topological polar surface area (TPSA) is 88.5 Å². The number of carbonyl (C=O) groups is 2. The third-order valence-corrected chi connectivity index (χ3v) is 6.79. The van der Waals surface area contributed by atoms with Crippen LogP contribution in [-0.2, 0) is 9.53 Å². The van der Waals surface area contributed by atoms with Crippen molar-refractivity contribution in [3.8, 4) is 11.3 Å². The standard InChI is InChI=1S/C29H31F3N2O4S/c1-4-6-7-12-38-25(9-5-2)20-11-8-10-19(26(20)32)24-16-39-29(33-24)34-27(35)18-14-22(30)21(23(31)15-18)13-17(3)28(36)37/h8,10-11,13-16,25H,4-7,9,12H2,1-3H3,(H,36,37)(H,33,34,35). The number of nitrogens with one attached hydrogen (secondary N) is 1. The van der Waals surface area contributed by atoms with E-state index in [-0.39, 0.29) is 27.9 Å². The molecule has 208 valence electrons. The van der Waals surface area contributed by atoms with Crippen molar-refractivity contribution in [1.29, 1.82) is 0 Å². The Kier molecular flexibility index (Phi) is 10.8. The SMILES string of the molecule is CCCCCOC(CCC)c1cccc(-c2csc(NC(=O)c3cc(F)c(C=C(C)C(=O)O)c(F)c3)n2)c1F. The van der Waals surface area contributed by atoms with Gasteiger partial charge in [-0.1, -0.05) is 45.2 Å². The summed E-state index contributed by atoms with van der Waals surface area (Å²) in [5.74, 6) is -4.76. The van der Waals surface area contributed by atoms with Crippen LogP contribution in [0.25, 0.3) is 17.3 Å². The molecule has 3 aromatic rings. The molecular formula is C29H31F3N2O4S. The number of thiazole rings is 1. The van der Waals surface area contributed by atoms with Crippen molar-refractivity contribution in [3.63, 3.8) is 0 Å². The number of hydrogen-bond acceptors (Lipinski definition) is 5. The summed E-state index contributed by atoms with van der Waals surface area (Å²) in [5.41, 5.74) is -0.137. The Hall–Kier alpha value is -3.50. The van der Waals surface area contributed by atoms with Crippen LogP contribution in [0.1, 0.15) is 80.5 Å². The van der Waals surface area contributed by atoms with Crippen molar-refractivity contribution in [2.45, 2.75) is 59.0 Å². The van der Waals surface area contributed by atoms with Gasteiger partial charge >= 0.3 is 5.97 Å². The third kappa shape index (κ3) is 7.77. The van der Waals surface area contributed by atoms with E-state index >= 15 is 4.39 Å². The predicted molar refractivity (Wildman–Crippen MR) is 146 cm³/mol. The number of unbranched alkanes of at least 4 members (excludes halogenated alkanes) is 2. The number of aromatic nitrogens is 1. The summed E-state index contributed by atoms with van der Waals surface area (Å²) >= 11 is 1.04. The number of aliphatic carboxylic acids is 1. The number of anilines is 1. The smallest absolute Gasteiger partial charge is 0.331 e. The molecule has 3 rings (SSSR count). The number of carboxylic acids is 1. The van der Waals surface area contributed by atoms with E-state index in [2.05, 4.69) is 17.2 Å². The summed E-state index contributed by atoms with van der Waals surface area (Å²) in [7, 11) is 0. The normalized spacial score (nSPS) is 12.4. The summed E-state index contributed by atoms with van der Waals surface area (Å²) < 4.78 is 50.5. The van der Waals surface area contributed by atoms with Crippen LogP contribution in [0.2, 0.25) is 0 Å². The lowest BCUT2D eigenvalue weighted by Crippen LogP contribution is -2.13. The number of rotatable bonds is 13. The number of amides is 1. The van der Waals surface area contributed by atoms with Crippen molar-refractivity contribution in [2.75, 3.05) is 11.9 Å². The fourth-order valence-corrected chi connectivity index (χ4v) is 4.63. The summed E-state index contributed by atoms with van der Waals surface area (Å²) in [6.45, 7) is 5.86. The predicted octanol–water partition coefficient (Wildman–Crippen LogP) is 8.02. The highest BCUT2D eigenvalue weighted by Gasteiger charge is 2.21. The van der Waals surface area contributed by atoms with Gasteiger partial charge in [-0.25, -0.2) is 22.9 Å². The second-order valence-electron chi connectivity index (χ2n) is 9.04. The number of hydrogen-bond donors (Lipinski definition) is 2. The van der Waals surface area contributed by atoms with Crippen LogP contribution in [0, 0.1) is 17.5 Å². The maximum Gasteiger partial charge on any atom is 0.331 e. The highest BCUT2D eigenvalue weighted by Crippen LogP contribution is 2.33. The number of benzene rings is 2. The van der Waals surface area contributed by atoms with Crippen LogP contribution in [0.3, 0.4) is 0 Å². The molecule has 0 aliphatic rings. The molecule has 1 heterocycles. The Morgan fingerprint density at radius 2 is 1.85 bits per heavy atom. The molecule has 2 aromatic carbocycles. The molecule has 2 N–H and O–H groups in total. The van der Waals surface area contributed by atoms with E-state index in [9.17, 15) is 18.4 Å². The van der Waals surface area contributed by atoms with Crippen LogP contribution < -0.4 is 5.32 Å². The summed E-state index contributed by atoms with van der Waals surface area (Å²) in [6.07, 6.45) is 4.97. The van der Waals surface area contributed by atoms with Crippen molar-refractivity contribution >= 4 is 34.4 Å². The molecule has 39 heavy (non-hydrogen) atoms. The van der Waals surface area contributed by atoms with Gasteiger partial charge in [0.15, 0.2) is 5.13 Å². The number of carboxylic acid groups (broad SMARTS) is 1. The first-order valence-electron chi connectivity index (χ1n) is 12.7. The second kappa shape index (κ2) is 14.0. The molecule has 0 aliphatic heterocycles. The van der Waals surface area contributed by atoms with Crippen molar-refractivity contribution in [1.82, 2.24) is 4.98 Å². The lowest BCUT2D eigenvalue weighted by molar-refractivity contribution is -0.132. The maximum absolute atomic E-state index is 15.6. The first-order valence-corrected chi connectivity index (χ1v) is 13.6. The van der Waals surface area contributed by atoms with Gasteiger partial charge in [-0.05, 0) is 44.0 Å². The quantitative estimate of drug-likeness (QED) is 0.163. The van der Waals surface area contributed by atoms with E-state index in [0.717, 1.165) is 55.2 Å². The molecule has 0 spiro atoms. The molecule has 1 amide bonds. The largest absolute Gasteiger partial charge is 0.478 e. The number of halogens is 3. The van der Waals surface area contributed by atoms with E-state index in [4.69, 9.17) is 9.84 Å². The van der Waals surface area contributed by atoms with Crippen LogP contribution in [0.5, 0.6) is 0 Å². The molecule has 0 saturated heterocycles. The van der Waals surface area contributed by atoms with E-state index < -0.39 is 34.9 Å². The average Bonchev–Trinajstić information content (AvgIpc) is 3.36. The van der Waals surface area contributed by atoms with Crippen LogP contribution in [0.4, 0.5) is 18.3 Å². The Bertz CT molecular complexity index is 1330. The highest BCUT2D eigenvalue weighted by molar-refractivity contribution is 7.14. The first kappa shape index (κ1) is 30.0. The third-order valence-electron chi connectivity index (χ3n) is 6.03. The highest BCUT2D eigenvalue weighted by atomic mass is 32.1. The molecule has 1 atom stereocenters. The van der Waals surface area contributed by atoms with Gasteiger partial charge in [-0.15, -0.1) is 11.3 Å². The maximum atomic E-state index is 15.6. The molecule has 1 aromatic heterocycles. The Labute approximate surface area is 229 Å². The van der Waals surface area contributed by atoms with Crippen LogP contribution >= 0.6 is 11.3 Å². The van der Waals surface area contributed by atoms with Gasteiger partial charge in [0.05, 0.1) is 11.8 Å². The summed E-state index contributed by atoms with van der Waals surface area (Å²) in [5, 5.41) is 13.1. The molecule has 0 aliphatic carbocycles. The Morgan fingerprint density at radius 1 is 1.13 bits per heavy atom. The van der Waals surface area contributed by atoms with Gasteiger partial charge in [0.1, 0.15) is 17.5 Å². The minimum Gasteiger partial charge on any atom is -0.478 e. The summed E-state index contributed by atoms with van der Waals surface area (Å²) in [6, 6.07) is 6.65. The van der Waals surface area contributed by atoms with Gasteiger partial charge in [-0.3, -0.25) is 10.1 Å². The van der Waals surface area contributed by atoms with E-state index in [1.54, 1.807) is 23.6 Å². The molecular weight excluding hydrogens is 529 g/mol. The molecule has 0 fully saturated rings. The number of ether oxygens (including phenoxy) is 1. The van der Waals surface area contributed by atoms with E-state index in [1.165, 1.54) is 6.92 Å². The zero-order valence-corrected chi connectivity index (χ0v) is 22.8. The minimum atomic E-state index is -1.32. The molecule has 0 saturated carbocycles.